The van der Waals surface area contributed by atoms with Crippen molar-refractivity contribution in [2.24, 2.45) is 15.2 Å². The number of rotatable bonds is 8. The standard InChI is InChI=1S/C27H26ClF3N6O4S2/c28-21-10-6-19(7-11-21)24-23(18-4-2-1-3-5-18)16-37(34-24)25(33-17-26(14-15-26)36-43(32,40)41)35-42(38,39)22-12-8-20(9-13-22)27(29,30)31/h1-13,23,36H,14-17H2,(H,33,35)(H2,32,40,41)/t23-/m1/s1. The number of aliphatic imine (C=N–C) groups is 1. The minimum atomic E-state index is -4.65. The number of nitrogens with zero attached hydrogens (tertiary/aromatic N) is 3. The van der Waals surface area contributed by atoms with Crippen LogP contribution in [-0.2, 0) is 26.4 Å². The molecule has 1 aliphatic carbocycles. The highest BCUT2D eigenvalue weighted by molar-refractivity contribution is 7.90. The van der Waals surface area contributed by atoms with Gasteiger partial charge in [0.2, 0.25) is 5.96 Å². The second-order valence-corrected chi connectivity index (χ2v) is 13.6. The molecule has 0 bridgehead atoms. The molecule has 0 amide bonds. The number of nitrogens with one attached hydrogen (secondary N) is 2. The van der Waals surface area contributed by atoms with Crippen molar-refractivity contribution in [3.63, 3.8) is 0 Å². The highest BCUT2D eigenvalue weighted by Crippen LogP contribution is 2.37. The average molecular weight is 655 g/mol. The molecule has 4 N–H and O–H groups in total. The van der Waals surface area contributed by atoms with Gasteiger partial charge in [-0.25, -0.2) is 28.3 Å². The van der Waals surface area contributed by atoms with E-state index < -0.39 is 42.4 Å². The third-order valence-corrected chi connectivity index (χ3v) is 9.28. The van der Waals surface area contributed by atoms with Crippen LogP contribution < -0.4 is 14.6 Å². The molecule has 16 heteroatoms. The van der Waals surface area contributed by atoms with Crippen molar-refractivity contribution in [1.82, 2.24) is 14.5 Å². The minimum Gasteiger partial charge on any atom is -0.249 e. The first-order chi connectivity index (χ1) is 20.1. The van der Waals surface area contributed by atoms with Gasteiger partial charge in [-0.2, -0.15) is 31.4 Å². The van der Waals surface area contributed by atoms with Crippen LogP contribution in [0.3, 0.4) is 0 Å². The molecule has 43 heavy (non-hydrogen) atoms. The van der Waals surface area contributed by atoms with E-state index in [-0.39, 0.29) is 25.0 Å². The molecular weight excluding hydrogens is 629 g/mol. The van der Waals surface area contributed by atoms with Crippen molar-refractivity contribution in [3.05, 3.63) is 101 Å². The lowest BCUT2D eigenvalue weighted by Gasteiger charge is -2.21. The molecule has 1 heterocycles. The van der Waals surface area contributed by atoms with E-state index in [0.717, 1.165) is 23.3 Å². The van der Waals surface area contributed by atoms with Gasteiger partial charge in [0.15, 0.2) is 0 Å². The minimum absolute atomic E-state index is 0.145. The fourth-order valence-electron chi connectivity index (χ4n) is 4.60. The molecule has 0 unspecified atom stereocenters. The van der Waals surface area contributed by atoms with Crippen molar-refractivity contribution >= 4 is 43.5 Å². The summed E-state index contributed by atoms with van der Waals surface area (Å²) in [5.41, 5.74) is 0.194. The first kappa shape index (κ1) is 30.9. The van der Waals surface area contributed by atoms with Gasteiger partial charge < -0.3 is 0 Å². The van der Waals surface area contributed by atoms with E-state index in [4.69, 9.17) is 21.8 Å². The maximum atomic E-state index is 13.4. The highest BCUT2D eigenvalue weighted by Gasteiger charge is 2.45. The molecular formula is C27H26ClF3N6O4S2. The summed E-state index contributed by atoms with van der Waals surface area (Å²) in [6.45, 7) is -0.0292. The molecule has 0 saturated heterocycles. The monoisotopic (exact) mass is 654 g/mol. The zero-order valence-corrected chi connectivity index (χ0v) is 24.7. The number of sulfonamides is 1. The number of hydrazone groups is 1. The van der Waals surface area contributed by atoms with Crippen LogP contribution in [0, 0.1) is 0 Å². The number of benzene rings is 3. The van der Waals surface area contributed by atoms with E-state index in [2.05, 4.69) is 14.4 Å². The fraction of sp³-hybridized carbons (Fsp3) is 0.259. The van der Waals surface area contributed by atoms with Crippen LogP contribution in [0.1, 0.15) is 35.4 Å². The lowest BCUT2D eigenvalue weighted by Crippen LogP contribution is -2.45. The number of guanidine groups is 1. The SMILES string of the molecule is NS(=O)(=O)NC1(CN=C(NS(=O)(=O)c2ccc(C(F)(F)F)cc2)N2C[C@H](c3ccccc3)C(c3ccc(Cl)cc3)=N2)CC1. The van der Waals surface area contributed by atoms with Gasteiger partial charge in [-0.1, -0.05) is 54.1 Å². The van der Waals surface area contributed by atoms with E-state index in [1.807, 2.05) is 30.3 Å². The Morgan fingerprint density at radius 2 is 1.63 bits per heavy atom. The first-order valence-corrected chi connectivity index (χ1v) is 16.3. The fourth-order valence-corrected chi connectivity index (χ4v) is 6.62. The van der Waals surface area contributed by atoms with E-state index in [1.165, 1.54) is 5.01 Å². The van der Waals surface area contributed by atoms with E-state index in [0.29, 0.717) is 35.7 Å². The van der Waals surface area contributed by atoms with Crippen molar-refractivity contribution in [2.75, 3.05) is 13.1 Å². The summed E-state index contributed by atoms with van der Waals surface area (Å²) < 4.78 is 94.1. The van der Waals surface area contributed by atoms with E-state index in [9.17, 15) is 30.0 Å². The van der Waals surface area contributed by atoms with Crippen molar-refractivity contribution in [3.8, 4) is 0 Å². The Labute approximate surface area is 251 Å². The molecule has 0 radical (unpaired) electrons. The molecule has 0 spiro atoms. The second kappa shape index (κ2) is 11.5. The van der Waals surface area contributed by atoms with E-state index >= 15 is 0 Å². The normalized spacial score (nSPS) is 18.8. The highest BCUT2D eigenvalue weighted by atomic mass is 35.5. The van der Waals surface area contributed by atoms with Gasteiger partial charge in [0.05, 0.1) is 34.8 Å². The van der Waals surface area contributed by atoms with Gasteiger partial charge in [0, 0.05) is 10.9 Å². The quantitative estimate of drug-likeness (QED) is 0.250. The third kappa shape index (κ3) is 7.54. The topological polar surface area (TPSA) is 146 Å². The Kier molecular flexibility index (Phi) is 8.30. The van der Waals surface area contributed by atoms with Gasteiger partial charge in [-0.15, -0.1) is 0 Å². The summed E-state index contributed by atoms with van der Waals surface area (Å²) in [6.07, 6.45) is -3.82. The lowest BCUT2D eigenvalue weighted by atomic mass is 9.91. The lowest BCUT2D eigenvalue weighted by molar-refractivity contribution is -0.137. The van der Waals surface area contributed by atoms with Gasteiger partial charge in [0.1, 0.15) is 0 Å². The molecule has 3 aromatic carbocycles. The Balaban J connectivity index is 1.53. The molecule has 2 aliphatic rings. The van der Waals surface area contributed by atoms with Crippen LogP contribution in [0.2, 0.25) is 5.02 Å². The van der Waals surface area contributed by atoms with Gasteiger partial charge in [0.25, 0.3) is 20.2 Å². The van der Waals surface area contributed by atoms with Crippen LogP contribution in [0.15, 0.2) is 93.9 Å². The Hall–Kier alpha value is -3.50. The summed E-state index contributed by atoms with van der Waals surface area (Å²) in [4.78, 5) is 3.99. The molecule has 0 aromatic heterocycles. The summed E-state index contributed by atoms with van der Waals surface area (Å²) in [7, 11) is -8.53. The summed E-state index contributed by atoms with van der Waals surface area (Å²) in [5, 5.41) is 11.7. The Bertz CT molecular complexity index is 1760. The Morgan fingerprint density at radius 1 is 1.00 bits per heavy atom. The molecule has 228 valence electrons. The maximum absolute atomic E-state index is 13.4. The number of alkyl halides is 3. The van der Waals surface area contributed by atoms with Crippen LogP contribution in [0.25, 0.3) is 0 Å². The summed E-state index contributed by atoms with van der Waals surface area (Å²) >= 11 is 6.09. The Morgan fingerprint density at radius 3 is 2.19 bits per heavy atom. The van der Waals surface area contributed by atoms with Crippen LogP contribution in [0.4, 0.5) is 13.2 Å². The summed E-state index contributed by atoms with van der Waals surface area (Å²) in [5.74, 6) is -0.576. The van der Waals surface area contributed by atoms with Crippen LogP contribution in [0.5, 0.6) is 0 Å². The summed E-state index contributed by atoms with van der Waals surface area (Å²) in [6, 6.07) is 19.3. The average Bonchev–Trinajstić information content (AvgIpc) is 3.54. The van der Waals surface area contributed by atoms with Crippen LogP contribution >= 0.6 is 11.6 Å². The smallest absolute Gasteiger partial charge is 0.249 e. The van der Waals surface area contributed by atoms with Gasteiger partial charge >= 0.3 is 6.18 Å². The van der Waals surface area contributed by atoms with Gasteiger partial charge in [-0.3, -0.25) is 0 Å². The zero-order valence-electron chi connectivity index (χ0n) is 22.3. The molecule has 3 aromatic rings. The van der Waals surface area contributed by atoms with E-state index in [1.54, 1.807) is 24.3 Å². The molecule has 10 nitrogen and oxygen atoms in total. The van der Waals surface area contributed by atoms with Crippen molar-refractivity contribution in [2.45, 2.75) is 35.4 Å². The largest absolute Gasteiger partial charge is 0.416 e. The second-order valence-electron chi connectivity index (χ2n) is 10.2. The zero-order chi connectivity index (χ0) is 31.0. The predicted octanol–water partition coefficient (Wildman–Crippen LogP) is 3.82. The van der Waals surface area contributed by atoms with Crippen molar-refractivity contribution < 1.29 is 30.0 Å². The van der Waals surface area contributed by atoms with Crippen molar-refractivity contribution in [1.29, 1.82) is 0 Å². The number of halogens is 4. The third-order valence-electron chi connectivity index (χ3n) is 6.96. The number of hydrogen-bond donors (Lipinski definition) is 3. The number of nitrogens with two attached hydrogens (primary N) is 1. The van der Waals surface area contributed by atoms with Crippen LogP contribution in [-0.4, -0.2) is 52.1 Å². The molecule has 1 fully saturated rings. The predicted molar refractivity (Wildman–Crippen MR) is 156 cm³/mol. The van der Waals surface area contributed by atoms with Gasteiger partial charge in [-0.05, 0) is 60.4 Å². The first-order valence-electron chi connectivity index (χ1n) is 12.9. The molecule has 5 rings (SSSR count). The molecule has 1 saturated carbocycles. The molecule has 1 atom stereocenters. The maximum Gasteiger partial charge on any atom is 0.416 e. The molecule has 1 aliphatic heterocycles. The number of hydrogen-bond acceptors (Lipinski definition) is 6.